The Morgan fingerprint density at radius 1 is 1.04 bits per heavy atom. The molecule has 0 atom stereocenters. The van der Waals surface area contributed by atoms with Crippen LogP contribution in [0.4, 0.5) is 5.69 Å². The molecule has 0 aliphatic carbocycles. The maximum absolute atomic E-state index is 12.6. The number of carbonyl (C=O) groups excluding carboxylic acids is 1. The Bertz CT molecular complexity index is 899. The molecule has 1 N–H and O–H groups in total. The van der Waals surface area contributed by atoms with E-state index in [0.29, 0.717) is 12.3 Å². The molecule has 0 aromatic heterocycles. The molecule has 0 radical (unpaired) electrons. The summed E-state index contributed by atoms with van der Waals surface area (Å²) in [6.07, 6.45) is 0. The number of nitrogens with one attached hydrogen (secondary N) is 1. The predicted octanol–water partition coefficient (Wildman–Crippen LogP) is 2.11. The molecule has 0 saturated heterocycles. The topological polar surface area (TPSA) is 79.0 Å². The van der Waals surface area contributed by atoms with E-state index in [1.807, 2.05) is 32.0 Å². The number of nitrogens with zero attached hydrogens (tertiary/aromatic N) is 2. The van der Waals surface area contributed by atoms with Crippen LogP contribution in [-0.2, 0) is 15.0 Å². The number of hydrogen-bond acceptors (Lipinski definition) is 4. The van der Waals surface area contributed by atoms with Gasteiger partial charge in [-0.05, 0) is 49.2 Å². The fraction of sp³-hybridized carbons (Fsp3) is 0.350. The van der Waals surface area contributed by atoms with Gasteiger partial charge in [-0.1, -0.05) is 24.3 Å². The van der Waals surface area contributed by atoms with E-state index in [1.165, 1.54) is 19.7 Å². The Balaban J connectivity index is 1.93. The smallest absolute Gasteiger partial charge is 0.304 e. The minimum atomic E-state index is -3.79. The van der Waals surface area contributed by atoms with Crippen LogP contribution < -0.4 is 14.4 Å². The molecule has 28 heavy (non-hydrogen) atoms. The van der Waals surface area contributed by atoms with Crippen LogP contribution in [0, 0.1) is 13.8 Å². The largest absolute Gasteiger partial charge is 0.492 e. The summed E-state index contributed by atoms with van der Waals surface area (Å²) in [6, 6.07) is 14.3. The number of anilines is 1. The predicted molar refractivity (Wildman–Crippen MR) is 111 cm³/mol. The third-order valence-electron chi connectivity index (χ3n) is 4.24. The molecular weight excluding hydrogens is 378 g/mol. The fourth-order valence-electron chi connectivity index (χ4n) is 2.45. The maximum Gasteiger partial charge on any atom is 0.304 e. The van der Waals surface area contributed by atoms with Crippen molar-refractivity contribution in [1.82, 2.24) is 9.62 Å². The summed E-state index contributed by atoms with van der Waals surface area (Å²) < 4.78 is 33.0. The Kier molecular flexibility index (Phi) is 7.42. The zero-order valence-corrected chi connectivity index (χ0v) is 17.5. The van der Waals surface area contributed by atoms with Gasteiger partial charge in [-0.15, -0.1) is 0 Å². The quantitative estimate of drug-likeness (QED) is 0.648. The van der Waals surface area contributed by atoms with Gasteiger partial charge in [0.1, 0.15) is 18.9 Å². The second-order valence-corrected chi connectivity index (χ2v) is 8.64. The van der Waals surface area contributed by atoms with Crippen LogP contribution in [-0.4, -0.2) is 52.4 Å². The Morgan fingerprint density at radius 3 is 2.32 bits per heavy atom. The van der Waals surface area contributed by atoms with Gasteiger partial charge in [-0.2, -0.15) is 12.7 Å². The Labute approximate surface area is 167 Å². The molecule has 0 saturated carbocycles. The zero-order chi connectivity index (χ0) is 20.7. The van der Waals surface area contributed by atoms with E-state index in [0.717, 1.165) is 19.9 Å². The molecule has 0 spiro atoms. The van der Waals surface area contributed by atoms with E-state index >= 15 is 0 Å². The van der Waals surface area contributed by atoms with E-state index in [2.05, 4.69) is 5.32 Å². The third-order valence-corrected chi connectivity index (χ3v) is 6.06. The van der Waals surface area contributed by atoms with Crippen LogP contribution in [0.5, 0.6) is 5.75 Å². The molecule has 8 heteroatoms. The van der Waals surface area contributed by atoms with Gasteiger partial charge >= 0.3 is 10.2 Å². The number of rotatable bonds is 9. The Morgan fingerprint density at radius 2 is 1.71 bits per heavy atom. The SMILES string of the molecule is Cc1ccc(OCCNC(=O)CN(c2ccccc2)S(=O)(=O)N(C)C)cc1C. The maximum atomic E-state index is 12.6. The number of hydrogen-bond donors (Lipinski definition) is 1. The molecular formula is C20H27N3O4S. The molecule has 2 aromatic carbocycles. The summed E-state index contributed by atoms with van der Waals surface area (Å²) in [5.74, 6) is 0.330. The first-order valence-electron chi connectivity index (χ1n) is 8.94. The third kappa shape index (κ3) is 5.71. The van der Waals surface area contributed by atoms with E-state index in [4.69, 9.17) is 4.74 Å². The van der Waals surface area contributed by atoms with Crippen LogP contribution >= 0.6 is 0 Å². The zero-order valence-electron chi connectivity index (χ0n) is 16.7. The molecule has 7 nitrogen and oxygen atoms in total. The molecule has 2 aromatic rings. The monoisotopic (exact) mass is 405 g/mol. The molecule has 1 amide bonds. The van der Waals surface area contributed by atoms with Crippen molar-refractivity contribution < 1.29 is 17.9 Å². The van der Waals surface area contributed by atoms with Gasteiger partial charge in [0.05, 0.1) is 12.2 Å². The lowest BCUT2D eigenvalue weighted by atomic mass is 10.1. The molecule has 0 heterocycles. The van der Waals surface area contributed by atoms with E-state index in [1.54, 1.807) is 30.3 Å². The number of carbonyl (C=O) groups is 1. The molecule has 0 fully saturated rings. The number of para-hydroxylation sites is 1. The fourth-order valence-corrected chi connectivity index (χ4v) is 3.51. The highest BCUT2D eigenvalue weighted by Crippen LogP contribution is 2.18. The summed E-state index contributed by atoms with van der Waals surface area (Å²) in [5, 5.41) is 2.70. The highest BCUT2D eigenvalue weighted by atomic mass is 32.2. The molecule has 0 unspecified atom stereocenters. The van der Waals surface area contributed by atoms with Crippen molar-refractivity contribution in [1.29, 1.82) is 0 Å². The highest BCUT2D eigenvalue weighted by Gasteiger charge is 2.26. The first-order chi connectivity index (χ1) is 13.2. The van der Waals surface area contributed by atoms with E-state index < -0.39 is 16.1 Å². The van der Waals surface area contributed by atoms with E-state index in [-0.39, 0.29) is 13.1 Å². The standard InChI is InChI=1S/C20H27N3O4S/c1-16-10-11-19(14-17(16)2)27-13-12-21-20(24)15-23(28(25,26)22(3)4)18-8-6-5-7-9-18/h5-11,14H,12-13,15H2,1-4H3,(H,21,24). The van der Waals surface area contributed by atoms with Crippen molar-refractivity contribution >= 4 is 21.8 Å². The summed E-state index contributed by atoms with van der Waals surface area (Å²) in [4.78, 5) is 12.3. The van der Waals surface area contributed by atoms with Crippen LogP contribution in [0.15, 0.2) is 48.5 Å². The molecule has 152 valence electrons. The summed E-state index contributed by atoms with van der Waals surface area (Å²) >= 11 is 0. The second kappa shape index (κ2) is 9.57. The van der Waals surface area contributed by atoms with E-state index in [9.17, 15) is 13.2 Å². The normalized spacial score (nSPS) is 11.3. The van der Waals surface area contributed by atoms with Gasteiger partial charge in [-0.25, -0.2) is 4.31 Å². The van der Waals surface area contributed by atoms with Crippen molar-refractivity contribution in [2.24, 2.45) is 0 Å². The van der Waals surface area contributed by atoms with Crippen molar-refractivity contribution in [3.8, 4) is 5.75 Å². The van der Waals surface area contributed by atoms with Crippen LogP contribution in [0.2, 0.25) is 0 Å². The van der Waals surface area contributed by atoms with Gasteiger partial charge in [-0.3, -0.25) is 4.79 Å². The average Bonchev–Trinajstić information content (AvgIpc) is 2.66. The number of amides is 1. The van der Waals surface area contributed by atoms with Crippen molar-refractivity contribution in [2.45, 2.75) is 13.8 Å². The minimum Gasteiger partial charge on any atom is -0.492 e. The molecule has 0 aliphatic rings. The van der Waals surface area contributed by atoms with Crippen LogP contribution in [0.25, 0.3) is 0 Å². The van der Waals surface area contributed by atoms with Crippen LogP contribution in [0.3, 0.4) is 0 Å². The second-order valence-electron chi connectivity index (χ2n) is 6.58. The average molecular weight is 406 g/mol. The summed E-state index contributed by atoms with van der Waals surface area (Å²) in [7, 11) is -0.933. The van der Waals surface area contributed by atoms with Crippen LogP contribution in [0.1, 0.15) is 11.1 Å². The first kappa shape index (κ1) is 21.7. The lowest BCUT2D eigenvalue weighted by Crippen LogP contribution is -2.46. The Hall–Kier alpha value is -2.58. The van der Waals surface area contributed by atoms with Gasteiger partial charge in [0.15, 0.2) is 0 Å². The van der Waals surface area contributed by atoms with Gasteiger partial charge in [0.2, 0.25) is 5.91 Å². The van der Waals surface area contributed by atoms with Gasteiger partial charge < -0.3 is 10.1 Å². The lowest BCUT2D eigenvalue weighted by molar-refractivity contribution is -0.119. The molecule has 2 rings (SSSR count). The van der Waals surface area contributed by atoms with Crippen molar-refractivity contribution in [3.05, 3.63) is 59.7 Å². The number of ether oxygens (including phenoxy) is 1. The van der Waals surface area contributed by atoms with Gasteiger partial charge in [0, 0.05) is 14.1 Å². The minimum absolute atomic E-state index is 0.274. The lowest BCUT2D eigenvalue weighted by Gasteiger charge is -2.26. The highest BCUT2D eigenvalue weighted by molar-refractivity contribution is 7.90. The van der Waals surface area contributed by atoms with Gasteiger partial charge in [0.25, 0.3) is 0 Å². The van der Waals surface area contributed by atoms with Crippen molar-refractivity contribution in [2.75, 3.05) is 38.1 Å². The molecule has 0 bridgehead atoms. The summed E-state index contributed by atoms with van der Waals surface area (Å²) in [6.45, 7) is 4.29. The first-order valence-corrected chi connectivity index (χ1v) is 10.3. The molecule has 0 aliphatic heterocycles. The number of aryl methyl sites for hydroxylation is 2. The number of benzene rings is 2. The summed E-state index contributed by atoms with van der Waals surface area (Å²) in [5.41, 5.74) is 2.75. The van der Waals surface area contributed by atoms with Crippen molar-refractivity contribution in [3.63, 3.8) is 0 Å².